The molecule has 0 aromatic carbocycles. The van der Waals surface area contributed by atoms with Gasteiger partial charge in [-0.2, -0.15) is 0 Å². The molecule has 1 rings (SSSR count). The monoisotopic (exact) mass is 199 g/mol. The lowest BCUT2D eigenvalue weighted by Gasteiger charge is -2.18. The first-order valence-electron chi connectivity index (χ1n) is 4.52. The Morgan fingerprint density at radius 3 is 2.57 bits per heavy atom. The van der Waals surface area contributed by atoms with E-state index in [2.05, 4.69) is 5.32 Å². The van der Waals surface area contributed by atoms with E-state index >= 15 is 0 Å². The summed E-state index contributed by atoms with van der Waals surface area (Å²) in [4.78, 5) is 32.5. The third kappa shape index (κ3) is 2.55. The van der Waals surface area contributed by atoms with Crippen molar-refractivity contribution in [2.45, 2.75) is 32.2 Å². The minimum Gasteiger partial charge on any atom is -0.480 e. The zero-order chi connectivity index (χ0) is 10.7. The van der Waals surface area contributed by atoms with Crippen molar-refractivity contribution in [3.63, 3.8) is 0 Å². The Morgan fingerprint density at radius 1 is 1.57 bits per heavy atom. The highest BCUT2D eigenvalue weighted by atomic mass is 16.4. The van der Waals surface area contributed by atoms with Crippen LogP contribution < -0.4 is 5.32 Å². The van der Waals surface area contributed by atoms with E-state index in [4.69, 9.17) is 5.11 Å². The van der Waals surface area contributed by atoms with Gasteiger partial charge in [0.05, 0.1) is 0 Å². The molecular formula is C9H13NO4. The Morgan fingerprint density at radius 2 is 2.21 bits per heavy atom. The number of hydrogen-bond donors (Lipinski definition) is 2. The number of rotatable bonds is 3. The molecule has 0 heterocycles. The van der Waals surface area contributed by atoms with Crippen LogP contribution in [0, 0.1) is 5.92 Å². The van der Waals surface area contributed by atoms with E-state index in [0.29, 0.717) is 12.8 Å². The fourth-order valence-corrected chi connectivity index (χ4v) is 1.73. The van der Waals surface area contributed by atoms with Crippen LogP contribution >= 0.6 is 0 Å². The molecular weight excluding hydrogens is 186 g/mol. The highest BCUT2D eigenvalue weighted by molar-refractivity contribution is 5.85. The molecule has 1 aliphatic rings. The number of ketones is 1. The van der Waals surface area contributed by atoms with Gasteiger partial charge in [-0.3, -0.25) is 9.59 Å². The van der Waals surface area contributed by atoms with Crippen LogP contribution in [0.1, 0.15) is 26.2 Å². The highest BCUT2D eigenvalue weighted by Gasteiger charge is 2.34. The molecule has 14 heavy (non-hydrogen) atoms. The second kappa shape index (κ2) is 4.21. The van der Waals surface area contributed by atoms with Crippen LogP contribution in [0.25, 0.3) is 0 Å². The van der Waals surface area contributed by atoms with Crippen molar-refractivity contribution < 1.29 is 19.5 Å². The maximum absolute atomic E-state index is 11.0. The van der Waals surface area contributed by atoms with Crippen molar-refractivity contribution in [1.82, 2.24) is 5.32 Å². The summed E-state index contributed by atoms with van der Waals surface area (Å²) in [6.45, 7) is 1.27. The lowest BCUT2D eigenvalue weighted by molar-refractivity contribution is -0.143. The van der Waals surface area contributed by atoms with E-state index in [0.717, 1.165) is 0 Å². The SMILES string of the molecule is CC(=O)NC(C(=O)O)C1CCC(=O)C1. The van der Waals surface area contributed by atoms with Gasteiger partial charge >= 0.3 is 5.97 Å². The van der Waals surface area contributed by atoms with Gasteiger partial charge < -0.3 is 10.4 Å². The third-order valence-electron chi connectivity index (χ3n) is 2.38. The zero-order valence-electron chi connectivity index (χ0n) is 7.95. The summed E-state index contributed by atoms with van der Waals surface area (Å²) < 4.78 is 0. The Kier molecular flexibility index (Phi) is 3.22. The number of aliphatic carboxylic acids is 1. The Balaban J connectivity index is 2.63. The molecule has 5 heteroatoms. The third-order valence-corrected chi connectivity index (χ3v) is 2.38. The van der Waals surface area contributed by atoms with Crippen LogP contribution in [0.5, 0.6) is 0 Å². The molecule has 0 spiro atoms. The number of nitrogens with one attached hydrogen (secondary N) is 1. The predicted molar refractivity (Wildman–Crippen MR) is 47.6 cm³/mol. The lowest BCUT2D eigenvalue weighted by Crippen LogP contribution is -2.44. The number of carboxylic acids is 1. The average molecular weight is 199 g/mol. The van der Waals surface area contributed by atoms with E-state index in [9.17, 15) is 14.4 Å². The number of amides is 1. The molecule has 2 N–H and O–H groups in total. The van der Waals surface area contributed by atoms with Crippen LogP contribution in [-0.2, 0) is 14.4 Å². The smallest absolute Gasteiger partial charge is 0.326 e. The quantitative estimate of drug-likeness (QED) is 0.667. The first-order chi connectivity index (χ1) is 6.50. The van der Waals surface area contributed by atoms with Crippen molar-refractivity contribution in [2.75, 3.05) is 0 Å². The summed E-state index contributed by atoms with van der Waals surface area (Å²) in [5.41, 5.74) is 0. The fraction of sp³-hybridized carbons (Fsp3) is 0.667. The van der Waals surface area contributed by atoms with Gasteiger partial charge in [0.2, 0.25) is 5.91 Å². The Bertz CT molecular complexity index is 274. The number of Topliss-reactive ketones (excluding diaryl/α,β-unsaturated/α-hetero) is 1. The topological polar surface area (TPSA) is 83.5 Å². The van der Waals surface area contributed by atoms with E-state index in [1.165, 1.54) is 6.92 Å². The number of carboxylic acid groups (broad SMARTS) is 1. The van der Waals surface area contributed by atoms with E-state index in [1.54, 1.807) is 0 Å². The molecule has 1 fully saturated rings. The second-order valence-corrected chi connectivity index (χ2v) is 3.56. The van der Waals surface area contributed by atoms with E-state index in [-0.39, 0.29) is 24.0 Å². The van der Waals surface area contributed by atoms with Gasteiger partial charge in [0.15, 0.2) is 0 Å². The van der Waals surface area contributed by atoms with Crippen molar-refractivity contribution in [3.05, 3.63) is 0 Å². The maximum Gasteiger partial charge on any atom is 0.326 e. The van der Waals surface area contributed by atoms with Crippen LogP contribution in [0.3, 0.4) is 0 Å². The molecule has 0 aliphatic heterocycles. The van der Waals surface area contributed by atoms with Crippen LogP contribution in [0.15, 0.2) is 0 Å². The van der Waals surface area contributed by atoms with Gasteiger partial charge in [-0.1, -0.05) is 0 Å². The first kappa shape index (κ1) is 10.7. The minimum atomic E-state index is -1.07. The number of carbonyl (C=O) groups is 3. The highest BCUT2D eigenvalue weighted by Crippen LogP contribution is 2.25. The molecule has 1 saturated carbocycles. The van der Waals surface area contributed by atoms with Gasteiger partial charge in [0.1, 0.15) is 11.8 Å². The van der Waals surface area contributed by atoms with Gasteiger partial charge in [-0.05, 0) is 12.3 Å². The molecule has 0 aromatic rings. The molecule has 5 nitrogen and oxygen atoms in total. The Hall–Kier alpha value is -1.39. The molecule has 0 radical (unpaired) electrons. The largest absolute Gasteiger partial charge is 0.480 e. The average Bonchev–Trinajstić information content (AvgIpc) is 2.46. The van der Waals surface area contributed by atoms with Crippen LogP contribution in [0.2, 0.25) is 0 Å². The molecule has 2 unspecified atom stereocenters. The molecule has 2 atom stereocenters. The van der Waals surface area contributed by atoms with Gasteiger partial charge in [0.25, 0.3) is 0 Å². The maximum atomic E-state index is 11.0. The van der Waals surface area contributed by atoms with Gasteiger partial charge in [0, 0.05) is 19.8 Å². The molecule has 1 aliphatic carbocycles. The van der Waals surface area contributed by atoms with Crippen molar-refractivity contribution in [3.8, 4) is 0 Å². The van der Waals surface area contributed by atoms with Crippen molar-refractivity contribution >= 4 is 17.7 Å². The summed E-state index contributed by atoms with van der Waals surface area (Å²) >= 11 is 0. The summed E-state index contributed by atoms with van der Waals surface area (Å²) in [6.07, 6.45) is 1.24. The van der Waals surface area contributed by atoms with Crippen LogP contribution in [0.4, 0.5) is 0 Å². The Labute approximate surface area is 81.5 Å². The fourth-order valence-electron chi connectivity index (χ4n) is 1.73. The molecule has 0 saturated heterocycles. The number of carbonyl (C=O) groups excluding carboxylic acids is 2. The standard InChI is InChI=1S/C9H13NO4/c1-5(11)10-8(9(13)14)6-2-3-7(12)4-6/h6,8H,2-4H2,1H3,(H,10,11)(H,13,14). The summed E-state index contributed by atoms with van der Waals surface area (Å²) in [6, 6.07) is -0.918. The number of hydrogen-bond acceptors (Lipinski definition) is 3. The second-order valence-electron chi connectivity index (χ2n) is 3.56. The van der Waals surface area contributed by atoms with E-state index in [1.807, 2.05) is 0 Å². The predicted octanol–water partition coefficient (Wildman–Crippen LogP) is -0.0551. The summed E-state index contributed by atoms with van der Waals surface area (Å²) in [5, 5.41) is 11.2. The van der Waals surface area contributed by atoms with Gasteiger partial charge in [-0.25, -0.2) is 4.79 Å². The van der Waals surface area contributed by atoms with E-state index < -0.39 is 12.0 Å². The molecule has 0 aromatic heterocycles. The normalized spacial score (nSPS) is 23.2. The molecule has 1 amide bonds. The minimum absolute atomic E-state index is 0.0756. The summed E-state index contributed by atoms with van der Waals surface area (Å²) in [7, 11) is 0. The molecule has 78 valence electrons. The van der Waals surface area contributed by atoms with Crippen LogP contribution in [-0.4, -0.2) is 28.8 Å². The van der Waals surface area contributed by atoms with Gasteiger partial charge in [-0.15, -0.1) is 0 Å². The molecule has 0 bridgehead atoms. The lowest BCUT2D eigenvalue weighted by atomic mass is 9.98. The summed E-state index contributed by atoms with van der Waals surface area (Å²) in [5.74, 6) is -1.62. The first-order valence-corrected chi connectivity index (χ1v) is 4.52. The van der Waals surface area contributed by atoms with Crippen molar-refractivity contribution in [1.29, 1.82) is 0 Å². The van der Waals surface area contributed by atoms with Crippen molar-refractivity contribution in [2.24, 2.45) is 5.92 Å². The zero-order valence-corrected chi connectivity index (χ0v) is 7.95.